The quantitative estimate of drug-likeness (QED) is 0.358. The number of anilines is 1. The molecule has 3 nitrogen and oxygen atoms in total. The van der Waals surface area contributed by atoms with Crippen LogP contribution in [0.25, 0.3) is 11.1 Å². The molecule has 7 rings (SSSR count). The molecule has 1 heterocycles. The minimum Gasteiger partial charge on any atom is -0.261 e. The van der Waals surface area contributed by atoms with Gasteiger partial charge in [-0.05, 0) is 58.9 Å². The molecule has 0 amide bonds. The summed E-state index contributed by atoms with van der Waals surface area (Å²) in [6.45, 7) is 0. The van der Waals surface area contributed by atoms with Gasteiger partial charge in [-0.2, -0.15) is 5.26 Å². The van der Waals surface area contributed by atoms with E-state index in [4.69, 9.17) is 11.6 Å². The van der Waals surface area contributed by atoms with E-state index in [0.717, 1.165) is 12.1 Å². The van der Waals surface area contributed by atoms with Crippen molar-refractivity contribution in [2.45, 2.75) is 18.0 Å². The normalized spacial score (nSPS) is 28.0. The molecule has 0 aromatic heterocycles. The van der Waals surface area contributed by atoms with Crippen LogP contribution < -0.4 is 5.01 Å². The van der Waals surface area contributed by atoms with Gasteiger partial charge in [-0.25, -0.2) is 5.01 Å². The van der Waals surface area contributed by atoms with Crippen molar-refractivity contribution in [3.05, 3.63) is 101 Å². The summed E-state index contributed by atoms with van der Waals surface area (Å²) in [5, 5.41) is 15.4. The molecule has 1 saturated carbocycles. The molecular formula is C27H20ClN3. The molecule has 3 aromatic rings. The minimum absolute atomic E-state index is 0.162. The molecule has 2 fully saturated rings. The van der Waals surface area contributed by atoms with Crippen LogP contribution in [-0.2, 0) is 5.54 Å². The highest BCUT2D eigenvalue weighted by Gasteiger charge is 2.69. The van der Waals surface area contributed by atoms with E-state index in [1.807, 2.05) is 29.3 Å². The maximum absolute atomic E-state index is 10.5. The first-order chi connectivity index (χ1) is 15.2. The summed E-state index contributed by atoms with van der Waals surface area (Å²) in [6.07, 6.45) is 8.46. The van der Waals surface area contributed by atoms with Crippen LogP contribution in [0.4, 0.5) is 5.69 Å². The second-order valence-electron chi connectivity index (χ2n) is 9.06. The van der Waals surface area contributed by atoms with Crippen molar-refractivity contribution in [3.63, 3.8) is 0 Å². The number of benzene rings is 3. The fourth-order valence-electron chi connectivity index (χ4n) is 6.99. The first-order valence-corrected chi connectivity index (χ1v) is 11.3. The Morgan fingerprint density at radius 3 is 2.10 bits per heavy atom. The number of nitriles is 1. The Labute approximate surface area is 186 Å². The highest BCUT2D eigenvalue weighted by Crippen LogP contribution is 2.67. The van der Waals surface area contributed by atoms with Crippen molar-refractivity contribution >= 4 is 17.3 Å². The Morgan fingerprint density at radius 2 is 1.45 bits per heavy atom. The van der Waals surface area contributed by atoms with Crippen molar-refractivity contribution in [1.82, 2.24) is 5.01 Å². The molecule has 1 saturated heterocycles. The second-order valence-corrected chi connectivity index (χ2v) is 9.49. The maximum atomic E-state index is 10.5. The number of halogens is 1. The second kappa shape index (κ2) is 5.93. The Kier molecular flexibility index (Phi) is 3.34. The fourth-order valence-corrected chi connectivity index (χ4v) is 7.11. The zero-order chi connectivity index (χ0) is 20.7. The molecule has 1 aliphatic heterocycles. The molecule has 31 heavy (non-hydrogen) atoms. The number of rotatable bonds is 1. The third-order valence-corrected chi connectivity index (χ3v) is 8.12. The standard InChI is InChI=1S/C27H20ClN3/c28-19-11-13-20(14-12-19)31-27(25-17-9-10-18(15-17)26(25)30(31)16-29)23-7-3-1-5-21(23)22-6-2-4-8-24(22)27/h1-14,17-18,25-26H,15H2/t17-,18+,25+,26+/m1/s1. The third-order valence-electron chi connectivity index (χ3n) is 7.87. The average molecular weight is 422 g/mol. The Hall–Kier alpha value is -3.22. The third kappa shape index (κ3) is 1.95. The van der Waals surface area contributed by atoms with Crippen LogP contribution in [0.15, 0.2) is 84.9 Å². The first kappa shape index (κ1) is 17.5. The predicted molar refractivity (Wildman–Crippen MR) is 122 cm³/mol. The highest BCUT2D eigenvalue weighted by molar-refractivity contribution is 6.30. The SMILES string of the molecule is N#CN1[C@@H]2[C@H]([C@@H]3C=C[C@H]2C3)C2(c3ccccc3-c3ccccc32)N1c1ccc(Cl)cc1. The first-order valence-electron chi connectivity index (χ1n) is 10.9. The van der Waals surface area contributed by atoms with Gasteiger partial charge in [0.2, 0.25) is 0 Å². The van der Waals surface area contributed by atoms with Crippen molar-refractivity contribution < 1.29 is 0 Å². The van der Waals surface area contributed by atoms with E-state index in [-0.39, 0.29) is 6.04 Å². The number of hydrogen-bond acceptors (Lipinski definition) is 3. The maximum Gasteiger partial charge on any atom is 0.200 e. The zero-order valence-corrected chi connectivity index (χ0v) is 17.6. The Morgan fingerprint density at radius 1 is 0.839 bits per heavy atom. The van der Waals surface area contributed by atoms with E-state index in [1.165, 1.54) is 22.3 Å². The lowest BCUT2D eigenvalue weighted by atomic mass is 9.69. The lowest BCUT2D eigenvalue weighted by Crippen LogP contribution is -2.50. The summed E-state index contributed by atoms with van der Waals surface area (Å²) in [5.41, 5.74) is 5.77. The van der Waals surface area contributed by atoms with E-state index < -0.39 is 5.54 Å². The number of hydrazine groups is 1. The molecule has 1 spiro atoms. The molecule has 0 radical (unpaired) electrons. The summed E-state index contributed by atoms with van der Waals surface area (Å²) < 4.78 is 0. The van der Waals surface area contributed by atoms with Gasteiger partial charge in [-0.3, -0.25) is 5.01 Å². The summed E-state index contributed by atoms with van der Waals surface area (Å²) in [7, 11) is 0. The van der Waals surface area contributed by atoms with Crippen LogP contribution in [-0.4, -0.2) is 11.1 Å². The number of hydrogen-bond donors (Lipinski definition) is 0. The summed E-state index contributed by atoms with van der Waals surface area (Å²) >= 11 is 6.25. The molecule has 0 unspecified atom stereocenters. The lowest BCUT2D eigenvalue weighted by Gasteiger charge is -2.43. The van der Waals surface area contributed by atoms with Crippen molar-refractivity contribution in [2.24, 2.45) is 17.8 Å². The van der Waals surface area contributed by atoms with Crippen molar-refractivity contribution in [3.8, 4) is 17.3 Å². The predicted octanol–water partition coefficient (Wildman–Crippen LogP) is 5.97. The average Bonchev–Trinajstić information content (AvgIpc) is 3.55. The molecular weight excluding hydrogens is 402 g/mol. The fraction of sp³-hybridized carbons (Fsp3) is 0.222. The molecule has 4 aliphatic rings. The van der Waals surface area contributed by atoms with Gasteiger partial charge < -0.3 is 0 Å². The largest absolute Gasteiger partial charge is 0.261 e. The minimum atomic E-state index is -0.411. The van der Waals surface area contributed by atoms with E-state index in [1.54, 1.807) is 0 Å². The van der Waals surface area contributed by atoms with Gasteiger partial charge >= 0.3 is 0 Å². The van der Waals surface area contributed by atoms with E-state index in [2.05, 4.69) is 71.9 Å². The van der Waals surface area contributed by atoms with E-state index in [9.17, 15) is 5.26 Å². The van der Waals surface area contributed by atoms with Crippen LogP contribution in [0.3, 0.4) is 0 Å². The summed E-state index contributed by atoms with van der Waals surface area (Å²) in [4.78, 5) is 0. The van der Waals surface area contributed by atoms with E-state index in [0.29, 0.717) is 22.8 Å². The number of fused-ring (bicyclic) bond motifs is 11. The van der Waals surface area contributed by atoms with Gasteiger partial charge in [0.1, 0.15) is 5.54 Å². The van der Waals surface area contributed by atoms with Crippen molar-refractivity contribution in [2.75, 3.05) is 5.01 Å². The molecule has 3 aliphatic carbocycles. The molecule has 150 valence electrons. The van der Waals surface area contributed by atoms with Gasteiger partial charge in [0.25, 0.3) is 0 Å². The number of nitrogens with zero attached hydrogens (tertiary/aromatic N) is 3. The van der Waals surface area contributed by atoms with Crippen LogP contribution in [0, 0.1) is 29.2 Å². The van der Waals surface area contributed by atoms with Gasteiger partial charge in [-0.1, -0.05) is 72.3 Å². The molecule has 4 heteroatoms. The van der Waals surface area contributed by atoms with Gasteiger partial charge in [0.05, 0.1) is 11.7 Å². The van der Waals surface area contributed by atoms with Crippen LogP contribution in [0.2, 0.25) is 5.02 Å². The monoisotopic (exact) mass is 421 g/mol. The van der Waals surface area contributed by atoms with Crippen LogP contribution in [0.5, 0.6) is 0 Å². The van der Waals surface area contributed by atoms with Crippen LogP contribution >= 0.6 is 11.6 Å². The molecule has 4 atom stereocenters. The summed E-state index contributed by atoms with van der Waals surface area (Å²) in [5.74, 6) is 1.17. The molecule has 0 N–H and O–H groups in total. The topological polar surface area (TPSA) is 30.3 Å². The Balaban J connectivity index is 1.60. The van der Waals surface area contributed by atoms with Crippen molar-refractivity contribution in [1.29, 1.82) is 5.26 Å². The van der Waals surface area contributed by atoms with Gasteiger partial charge in [0, 0.05) is 16.9 Å². The molecule has 3 aromatic carbocycles. The highest BCUT2D eigenvalue weighted by atomic mass is 35.5. The lowest BCUT2D eigenvalue weighted by molar-refractivity contribution is 0.278. The molecule has 2 bridgehead atoms. The summed E-state index contributed by atoms with van der Waals surface area (Å²) in [6, 6.07) is 25.6. The van der Waals surface area contributed by atoms with Gasteiger partial charge in [-0.15, -0.1) is 0 Å². The van der Waals surface area contributed by atoms with E-state index >= 15 is 0 Å². The van der Waals surface area contributed by atoms with Gasteiger partial charge in [0.15, 0.2) is 6.19 Å². The Bertz CT molecular complexity index is 1240. The number of allylic oxidation sites excluding steroid dienone is 1. The van der Waals surface area contributed by atoms with Crippen LogP contribution in [0.1, 0.15) is 17.5 Å². The zero-order valence-electron chi connectivity index (χ0n) is 16.8. The smallest absolute Gasteiger partial charge is 0.200 e.